The molecule has 0 amide bonds. The molecule has 0 radical (unpaired) electrons. The Labute approximate surface area is 109 Å². The lowest BCUT2D eigenvalue weighted by molar-refractivity contribution is 0.0790. The van der Waals surface area contributed by atoms with Crippen molar-refractivity contribution >= 4 is 0 Å². The Morgan fingerprint density at radius 3 is 2.33 bits per heavy atom. The normalized spacial score (nSPS) is 32.9. The summed E-state index contributed by atoms with van der Waals surface area (Å²) in [5, 5.41) is 10.6. The second kappa shape index (κ2) is 4.67. The van der Waals surface area contributed by atoms with Gasteiger partial charge in [-0.2, -0.15) is 0 Å². The molecular weight excluding hydrogens is 222 g/mol. The number of hydrogen-bond acceptors (Lipinski definition) is 2. The fourth-order valence-electron chi connectivity index (χ4n) is 3.66. The van der Waals surface area contributed by atoms with Gasteiger partial charge in [0.25, 0.3) is 0 Å². The topological polar surface area (TPSA) is 46.2 Å². The molecule has 4 atom stereocenters. The highest BCUT2D eigenvalue weighted by Crippen LogP contribution is 2.56. The van der Waals surface area contributed by atoms with Gasteiger partial charge < -0.3 is 10.8 Å². The minimum Gasteiger partial charge on any atom is -0.392 e. The van der Waals surface area contributed by atoms with Gasteiger partial charge in [-0.15, -0.1) is 0 Å². The molecule has 0 heterocycles. The number of aliphatic hydroxyl groups excluding tert-OH is 1. The van der Waals surface area contributed by atoms with E-state index in [1.165, 1.54) is 30.4 Å². The second-order valence-corrected chi connectivity index (χ2v) is 6.23. The average molecular weight is 245 g/mol. The van der Waals surface area contributed by atoms with Gasteiger partial charge in [0.05, 0.1) is 6.10 Å². The summed E-state index contributed by atoms with van der Waals surface area (Å²) in [5.41, 5.74) is 8.34. The van der Waals surface area contributed by atoms with Crippen molar-refractivity contribution in [3.63, 3.8) is 0 Å². The van der Waals surface area contributed by atoms with Crippen LogP contribution in [-0.2, 0) is 0 Å². The van der Waals surface area contributed by atoms with Gasteiger partial charge in [0.15, 0.2) is 0 Å². The largest absolute Gasteiger partial charge is 0.392 e. The number of aryl methyl sites for hydroxylation is 1. The van der Waals surface area contributed by atoms with Gasteiger partial charge in [0.2, 0.25) is 0 Å². The predicted molar refractivity (Wildman–Crippen MR) is 73.3 cm³/mol. The fourth-order valence-corrected chi connectivity index (χ4v) is 3.66. The van der Waals surface area contributed by atoms with E-state index in [9.17, 15) is 5.11 Å². The highest BCUT2D eigenvalue weighted by atomic mass is 16.3. The van der Waals surface area contributed by atoms with Crippen molar-refractivity contribution < 1.29 is 5.11 Å². The van der Waals surface area contributed by atoms with Crippen molar-refractivity contribution in [1.82, 2.24) is 0 Å². The molecule has 2 saturated carbocycles. The van der Waals surface area contributed by atoms with Crippen LogP contribution in [-0.4, -0.2) is 17.8 Å². The molecule has 3 rings (SSSR count). The van der Waals surface area contributed by atoms with Crippen molar-refractivity contribution in [2.75, 3.05) is 6.54 Å². The molecule has 0 aliphatic heterocycles. The van der Waals surface area contributed by atoms with Gasteiger partial charge in [-0.25, -0.2) is 0 Å². The summed E-state index contributed by atoms with van der Waals surface area (Å²) < 4.78 is 0. The van der Waals surface area contributed by atoms with Crippen LogP contribution in [0.25, 0.3) is 0 Å². The summed E-state index contributed by atoms with van der Waals surface area (Å²) >= 11 is 0. The third-order valence-corrected chi connectivity index (χ3v) is 4.93. The van der Waals surface area contributed by atoms with Crippen LogP contribution in [0.1, 0.15) is 36.3 Å². The first-order chi connectivity index (χ1) is 8.69. The zero-order chi connectivity index (χ0) is 12.7. The zero-order valence-electron chi connectivity index (χ0n) is 11.0. The zero-order valence-corrected chi connectivity index (χ0v) is 11.0. The van der Waals surface area contributed by atoms with Gasteiger partial charge in [0.1, 0.15) is 0 Å². The van der Waals surface area contributed by atoms with Crippen LogP contribution in [0.15, 0.2) is 24.3 Å². The molecule has 2 aliphatic carbocycles. The molecule has 2 nitrogen and oxygen atoms in total. The SMILES string of the molecule is Cc1ccc(C(CN)C(O)C2CC3CC3C2)cc1. The molecule has 0 saturated heterocycles. The maximum atomic E-state index is 10.6. The molecule has 0 bridgehead atoms. The standard InChI is InChI=1S/C16H23NO/c1-10-2-4-11(5-3-10)15(9-17)16(18)14-7-12-6-13(12)8-14/h2-5,12-16,18H,6-9,17H2,1H3. The van der Waals surface area contributed by atoms with E-state index in [1.54, 1.807) is 0 Å². The molecule has 4 unspecified atom stereocenters. The summed E-state index contributed by atoms with van der Waals surface area (Å²) in [7, 11) is 0. The van der Waals surface area contributed by atoms with Crippen LogP contribution in [0, 0.1) is 24.7 Å². The molecule has 2 aliphatic rings. The Kier molecular flexibility index (Phi) is 3.16. The number of hydrogen-bond donors (Lipinski definition) is 2. The third kappa shape index (κ3) is 2.19. The van der Waals surface area contributed by atoms with E-state index in [0.29, 0.717) is 12.5 Å². The highest BCUT2D eigenvalue weighted by molar-refractivity contribution is 5.26. The van der Waals surface area contributed by atoms with Crippen LogP contribution in [0.5, 0.6) is 0 Å². The molecular formula is C16H23NO. The molecule has 1 aromatic carbocycles. The lowest BCUT2D eigenvalue weighted by Gasteiger charge is -2.28. The Hall–Kier alpha value is -0.860. The molecule has 18 heavy (non-hydrogen) atoms. The number of aliphatic hydroxyl groups is 1. The van der Waals surface area contributed by atoms with E-state index < -0.39 is 0 Å². The monoisotopic (exact) mass is 245 g/mol. The lowest BCUT2D eigenvalue weighted by atomic mass is 9.83. The van der Waals surface area contributed by atoms with E-state index >= 15 is 0 Å². The quantitative estimate of drug-likeness (QED) is 0.856. The molecule has 0 aromatic heterocycles. The van der Waals surface area contributed by atoms with Crippen molar-refractivity contribution in [3.05, 3.63) is 35.4 Å². The number of rotatable bonds is 4. The predicted octanol–water partition coefficient (Wildman–Crippen LogP) is 2.44. The van der Waals surface area contributed by atoms with Crippen LogP contribution in [0.2, 0.25) is 0 Å². The minimum atomic E-state index is -0.259. The van der Waals surface area contributed by atoms with E-state index in [-0.39, 0.29) is 12.0 Å². The maximum Gasteiger partial charge on any atom is 0.0649 e. The summed E-state index contributed by atoms with van der Waals surface area (Å²) in [6, 6.07) is 8.45. The second-order valence-electron chi connectivity index (χ2n) is 6.23. The maximum absolute atomic E-state index is 10.6. The summed E-state index contributed by atoms with van der Waals surface area (Å²) in [6.07, 6.45) is 3.58. The van der Waals surface area contributed by atoms with E-state index in [0.717, 1.165) is 11.8 Å². The number of benzene rings is 1. The molecule has 3 N–H and O–H groups in total. The van der Waals surface area contributed by atoms with Crippen LogP contribution in [0.3, 0.4) is 0 Å². The van der Waals surface area contributed by atoms with Gasteiger partial charge in [-0.1, -0.05) is 29.8 Å². The number of fused-ring (bicyclic) bond motifs is 1. The van der Waals surface area contributed by atoms with Gasteiger partial charge in [-0.3, -0.25) is 0 Å². The molecule has 2 heteroatoms. The van der Waals surface area contributed by atoms with Gasteiger partial charge in [0, 0.05) is 12.5 Å². The van der Waals surface area contributed by atoms with Crippen LogP contribution >= 0.6 is 0 Å². The average Bonchev–Trinajstić information content (AvgIpc) is 2.99. The molecule has 98 valence electrons. The first kappa shape index (κ1) is 12.2. The van der Waals surface area contributed by atoms with Gasteiger partial charge >= 0.3 is 0 Å². The first-order valence-corrected chi connectivity index (χ1v) is 7.13. The van der Waals surface area contributed by atoms with Crippen molar-refractivity contribution in [2.45, 2.75) is 38.2 Å². The van der Waals surface area contributed by atoms with Crippen molar-refractivity contribution in [1.29, 1.82) is 0 Å². The third-order valence-electron chi connectivity index (χ3n) is 4.93. The van der Waals surface area contributed by atoms with Crippen molar-refractivity contribution in [3.8, 4) is 0 Å². The number of nitrogens with two attached hydrogens (primary N) is 1. The van der Waals surface area contributed by atoms with E-state index in [1.807, 2.05) is 0 Å². The summed E-state index contributed by atoms with van der Waals surface area (Å²) in [5.74, 6) is 2.42. The Morgan fingerprint density at radius 2 is 1.78 bits per heavy atom. The first-order valence-electron chi connectivity index (χ1n) is 7.13. The Balaban J connectivity index is 1.72. The summed E-state index contributed by atoms with van der Waals surface area (Å²) in [6.45, 7) is 2.62. The smallest absolute Gasteiger partial charge is 0.0649 e. The lowest BCUT2D eigenvalue weighted by Crippen LogP contribution is -2.32. The minimum absolute atomic E-state index is 0.105. The van der Waals surface area contributed by atoms with Crippen LogP contribution in [0.4, 0.5) is 0 Å². The highest BCUT2D eigenvalue weighted by Gasteiger charge is 2.48. The van der Waals surface area contributed by atoms with E-state index in [2.05, 4.69) is 31.2 Å². The van der Waals surface area contributed by atoms with Gasteiger partial charge in [-0.05, 0) is 49.5 Å². The van der Waals surface area contributed by atoms with Crippen molar-refractivity contribution in [2.24, 2.45) is 23.5 Å². The Bertz CT molecular complexity index is 404. The summed E-state index contributed by atoms with van der Waals surface area (Å²) in [4.78, 5) is 0. The fraction of sp³-hybridized carbons (Fsp3) is 0.625. The molecule has 2 fully saturated rings. The van der Waals surface area contributed by atoms with Crippen LogP contribution < -0.4 is 5.73 Å². The molecule has 0 spiro atoms. The molecule has 1 aromatic rings. The Morgan fingerprint density at radius 1 is 1.17 bits per heavy atom. The van der Waals surface area contributed by atoms with E-state index in [4.69, 9.17) is 5.73 Å².